The summed E-state index contributed by atoms with van der Waals surface area (Å²) < 4.78 is 0. The van der Waals surface area contributed by atoms with Crippen molar-refractivity contribution >= 4 is 0 Å². The van der Waals surface area contributed by atoms with Crippen molar-refractivity contribution in [2.75, 3.05) is 13.2 Å². The minimum absolute atomic E-state index is 0.308. The number of aliphatic hydroxyl groups excluding tert-OH is 1. The molecule has 0 aromatic heterocycles. The Labute approximate surface area is 86.3 Å². The lowest BCUT2D eigenvalue weighted by Crippen LogP contribution is -2.51. The molecule has 2 atom stereocenters. The molecule has 1 saturated heterocycles. The van der Waals surface area contributed by atoms with Gasteiger partial charge < -0.3 is 15.7 Å². The van der Waals surface area contributed by atoms with Crippen molar-refractivity contribution in [1.29, 1.82) is 0 Å². The summed E-state index contributed by atoms with van der Waals surface area (Å²) in [5, 5.41) is 16.2. The van der Waals surface area contributed by atoms with Gasteiger partial charge in [-0.1, -0.05) is 6.42 Å². The normalized spacial score (nSPS) is 30.2. The Balaban J connectivity index is 1.79. The number of aliphatic hydroxyl groups is 1. The maximum atomic E-state index is 9.03. The van der Waals surface area contributed by atoms with Gasteiger partial charge in [-0.2, -0.15) is 0 Å². The number of rotatable bonds is 5. The van der Waals surface area contributed by atoms with Crippen molar-refractivity contribution in [3.8, 4) is 0 Å². The minimum atomic E-state index is 0.308. The summed E-state index contributed by atoms with van der Waals surface area (Å²) >= 11 is 0. The van der Waals surface area contributed by atoms with E-state index in [2.05, 4.69) is 10.6 Å². The van der Waals surface area contributed by atoms with Crippen molar-refractivity contribution in [1.82, 2.24) is 10.6 Å². The maximum absolute atomic E-state index is 9.03. The second kappa shape index (κ2) is 5.10. The van der Waals surface area contributed by atoms with Crippen molar-refractivity contribution in [3.63, 3.8) is 0 Å². The summed E-state index contributed by atoms with van der Waals surface area (Å²) in [5.41, 5.74) is 0. The van der Waals surface area contributed by atoms with E-state index in [1.165, 1.54) is 32.1 Å². The third-order valence-corrected chi connectivity index (χ3v) is 3.30. The van der Waals surface area contributed by atoms with Gasteiger partial charge in [-0.25, -0.2) is 0 Å². The van der Waals surface area contributed by atoms with Crippen LogP contribution in [0.2, 0.25) is 0 Å². The standard InChI is InChI=1S/C11H22N2O/c14-8-6-11(13-9-4-5-9)10-3-1-2-7-12-10/h9-14H,1-8H2/t10-,11+/m0/s1. The molecule has 2 rings (SSSR count). The molecule has 2 aliphatic rings. The van der Waals surface area contributed by atoms with Gasteiger partial charge in [0, 0.05) is 24.7 Å². The Bertz CT molecular complexity index is 165. The fourth-order valence-electron chi connectivity index (χ4n) is 2.31. The zero-order chi connectivity index (χ0) is 9.80. The van der Waals surface area contributed by atoms with Crippen LogP contribution in [0.5, 0.6) is 0 Å². The molecule has 2 fully saturated rings. The first-order chi connectivity index (χ1) is 6.90. The summed E-state index contributed by atoms with van der Waals surface area (Å²) in [4.78, 5) is 0. The molecule has 82 valence electrons. The zero-order valence-corrected chi connectivity index (χ0v) is 8.84. The summed E-state index contributed by atoms with van der Waals surface area (Å²) in [7, 11) is 0. The summed E-state index contributed by atoms with van der Waals surface area (Å²) in [5.74, 6) is 0. The molecule has 3 nitrogen and oxygen atoms in total. The quantitative estimate of drug-likeness (QED) is 0.607. The molecule has 14 heavy (non-hydrogen) atoms. The SMILES string of the molecule is OCC[C@@H](NC1CC1)[C@@H]1CCCCN1. The van der Waals surface area contributed by atoms with Crippen LogP contribution in [-0.4, -0.2) is 36.4 Å². The van der Waals surface area contributed by atoms with E-state index in [1.807, 2.05) is 0 Å². The molecule has 1 saturated carbocycles. The average Bonchev–Trinajstić information content (AvgIpc) is 3.03. The first-order valence-corrected chi connectivity index (χ1v) is 6.00. The first-order valence-electron chi connectivity index (χ1n) is 6.00. The van der Waals surface area contributed by atoms with Gasteiger partial charge in [-0.15, -0.1) is 0 Å². The van der Waals surface area contributed by atoms with E-state index in [1.54, 1.807) is 0 Å². The summed E-state index contributed by atoms with van der Waals surface area (Å²) in [6, 6.07) is 1.83. The largest absolute Gasteiger partial charge is 0.396 e. The van der Waals surface area contributed by atoms with Crippen LogP contribution in [0.1, 0.15) is 38.5 Å². The van der Waals surface area contributed by atoms with Gasteiger partial charge >= 0.3 is 0 Å². The van der Waals surface area contributed by atoms with Gasteiger partial charge in [0.2, 0.25) is 0 Å². The number of nitrogens with one attached hydrogen (secondary N) is 2. The Morgan fingerprint density at radius 3 is 2.71 bits per heavy atom. The predicted molar refractivity (Wildman–Crippen MR) is 57.3 cm³/mol. The van der Waals surface area contributed by atoms with Crippen LogP contribution in [0.25, 0.3) is 0 Å². The molecule has 0 bridgehead atoms. The third-order valence-electron chi connectivity index (χ3n) is 3.30. The Kier molecular flexibility index (Phi) is 3.79. The van der Waals surface area contributed by atoms with E-state index in [4.69, 9.17) is 5.11 Å². The van der Waals surface area contributed by atoms with Crippen LogP contribution in [-0.2, 0) is 0 Å². The van der Waals surface area contributed by atoms with Crippen LogP contribution in [0.4, 0.5) is 0 Å². The fourth-order valence-corrected chi connectivity index (χ4v) is 2.31. The van der Waals surface area contributed by atoms with E-state index >= 15 is 0 Å². The van der Waals surface area contributed by atoms with Gasteiger partial charge in [-0.3, -0.25) is 0 Å². The molecule has 0 aromatic rings. The highest BCUT2D eigenvalue weighted by Crippen LogP contribution is 2.22. The molecular weight excluding hydrogens is 176 g/mol. The van der Waals surface area contributed by atoms with Crippen LogP contribution in [0.15, 0.2) is 0 Å². The van der Waals surface area contributed by atoms with Gasteiger partial charge in [0.05, 0.1) is 0 Å². The van der Waals surface area contributed by atoms with Crippen LogP contribution < -0.4 is 10.6 Å². The van der Waals surface area contributed by atoms with Gasteiger partial charge in [0.15, 0.2) is 0 Å². The monoisotopic (exact) mass is 198 g/mol. The van der Waals surface area contributed by atoms with Crippen LogP contribution in [0.3, 0.4) is 0 Å². The van der Waals surface area contributed by atoms with E-state index < -0.39 is 0 Å². The highest BCUT2D eigenvalue weighted by Gasteiger charge is 2.29. The molecule has 0 unspecified atom stereocenters. The molecule has 1 heterocycles. The predicted octanol–water partition coefficient (Wildman–Crippen LogP) is 0.631. The third kappa shape index (κ3) is 2.94. The topological polar surface area (TPSA) is 44.3 Å². The molecule has 0 spiro atoms. The number of hydrogen-bond acceptors (Lipinski definition) is 3. The lowest BCUT2D eigenvalue weighted by molar-refractivity contribution is 0.227. The lowest BCUT2D eigenvalue weighted by Gasteiger charge is -2.32. The molecule has 3 N–H and O–H groups in total. The fraction of sp³-hybridized carbons (Fsp3) is 1.00. The highest BCUT2D eigenvalue weighted by atomic mass is 16.3. The van der Waals surface area contributed by atoms with Crippen molar-refractivity contribution in [2.45, 2.75) is 56.7 Å². The second-order valence-corrected chi connectivity index (χ2v) is 4.62. The van der Waals surface area contributed by atoms with Crippen molar-refractivity contribution in [2.24, 2.45) is 0 Å². The Morgan fingerprint density at radius 1 is 1.29 bits per heavy atom. The molecule has 0 radical (unpaired) electrons. The van der Waals surface area contributed by atoms with Crippen molar-refractivity contribution in [3.05, 3.63) is 0 Å². The average molecular weight is 198 g/mol. The zero-order valence-electron chi connectivity index (χ0n) is 8.84. The highest BCUT2D eigenvalue weighted by molar-refractivity contribution is 4.91. The Morgan fingerprint density at radius 2 is 2.14 bits per heavy atom. The van der Waals surface area contributed by atoms with E-state index in [0.29, 0.717) is 18.7 Å². The van der Waals surface area contributed by atoms with E-state index in [-0.39, 0.29) is 0 Å². The lowest BCUT2D eigenvalue weighted by atomic mass is 9.96. The molecule has 0 amide bonds. The van der Waals surface area contributed by atoms with Crippen LogP contribution >= 0.6 is 0 Å². The number of hydrogen-bond donors (Lipinski definition) is 3. The van der Waals surface area contributed by atoms with Gasteiger partial charge in [0.25, 0.3) is 0 Å². The van der Waals surface area contributed by atoms with E-state index in [9.17, 15) is 0 Å². The van der Waals surface area contributed by atoms with Gasteiger partial charge in [-0.05, 0) is 38.6 Å². The summed E-state index contributed by atoms with van der Waals surface area (Å²) in [6.45, 7) is 1.46. The molecular formula is C11H22N2O. The van der Waals surface area contributed by atoms with Crippen LogP contribution in [0, 0.1) is 0 Å². The minimum Gasteiger partial charge on any atom is -0.396 e. The number of piperidine rings is 1. The second-order valence-electron chi connectivity index (χ2n) is 4.62. The molecule has 3 heteroatoms. The molecule has 1 aliphatic heterocycles. The first kappa shape index (κ1) is 10.4. The smallest absolute Gasteiger partial charge is 0.0446 e. The molecule has 1 aliphatic carbocycles. The summed E-state index contributed by atoms with van der Waals surface area (Å²) in [6.07, 6.45) is 7.47. The van der Waals surface area contributed by atoms with Crippen molar-refractivity contribution < 1.29 is 5.11 Å². The Hall–Kier alpha value is -0.120. The van der Waals surface area contributed by atoms with Gasteiger partial charge in [0.1, 0.15) is 0 Å². The maximum Gasteiger partial charge on any atom is 0.0446 e. The van der Waals surface area contributed by atoms with E-state index in [0.717, 1.165) is 19.0 Å². The molecule has 0 aromatic carbocycles.